The third-order valence-corrected chi connectivity index (χ3v) is 4.24. The summed E-state index contributed by atoms with van der Waals surface area (Å²) >= 11 is 0. The Kier molecular flexibility index (Phi) is 3.19. The molecule has 1 unspecified atom stereocenters. The molecule has 0 bridgehead atoms. The van der Waals surface area contributed by atoms with Crippen molar-refractivity contribution in [2.24, 2.45) is 0 Å². The van der Waals surface area contributed by atoms with Crippen LogP contribution in [-0.4, -0.2) is 21.1 Å². The van der Waals surface area contributed by atoms with Crippen molar-refractivity contribution in [3.63, 3.8) is 0 Å². The first-order valence-electron chi connectivity index (χ1n) is 7.53. The predicted octanol–water partition coefficient (Wildman–Crippen LogP) is 3.08. The van der Waals surface area contributed by atoms with Gasteiger partial charge in [-0.15, -0.1) is 5.10 Å². The van der Waals surface area contributed by atoms with Crippen molar-refractivity contribution in [3.8, 4) is 6.07 Å². The molecule has 23 heavy (non-hydrogen) atoms. The number of benzene rings is 1. The molecular weight excluding hydrogens is 293 g/mol. The normalized spacial score (nSPS) is 17.6. The van der Waals surface area contributed by atoms with Crippen LogP contribution in [0.3, 0.4) is 0 Å². The summed E-state index contributed by atoms with van der Waals surface area (Å²) in [5.41, 5.74) is 2.01. The molecule has 3 heterocycles. The van der Waals surface area contributed by atoms with Crippen LogP contribution >= 0.6 is 0 Å². The van der Waals surface area contributed by atoms with Crippen molar-refractivity contribution in [3.05, 3.63) is 59.7 Å². The molecule has 114 valence electrons. The van der Waals surface area contributed by atoms with Crippen LogP contribution in [0.15, 0.2) is 42.6 Å². The minimum absolute atomic E-state index is 0.102. The molecule has 0 radical (unpaired) electrons. The molecule has 0 saturated carbocycles. The van der Waals surface area contributed by atoms with Crippen molar-refractivity contribution in [1.82, 2.24) is 14.6 Å². The molecular formula is C17H14FN5. The lowest BCUT2D eigenvalue weighted by molar-refractivity contribution is 0.617. The lowest BCUT2D eigenvalue weighted by Crippen LogP contribution is -2.24. The number of imidazole rings is 1. The number of rotatable bonds is 2. The van der Waals surface area contributed by atoms with E-state index in [9.17, 15) is 4.39 Å². The molecule has 3 aromatic rings. The van der Waals surface area contributed by atoms with Crippen molar-refractivity contribution < 1.29 is 4.39 Å². The van der Waals surface area contributed by atoms with E-state index >= 15 is 0 Å². The van der Waals surface area contributed by atoms with Gasteiger partial charge < -0.3 is 4.90 Å². The summed E-state index contributed by atoms with van der Waals surface area (Å²) in [6.07, 6.45) is 3.49. The van der Waals surface area contributed by atoms with E-state index in [2.05, 4.69) is 21.1 Å². The quantitative estimate of drug-likeness (QED) is 0.730. The third kappa shape index (κ3) is 2.30. The van der Waals surface area contributed by atoms with Gasteiger partial charge in [-0.3, -0.25) is 0 Å². The van der Waals surface area contributed by atoms with Crippen LogP contribution in [0, 0.1) is 17.1 Å². The zero-order chi connectivity index (χ0) is 15.8. The monoisotopic (exact) mass is 307 g/mol. The second-order valence-corrected chi connectivity index (χ2v) is 5.62. The van der Waals surface area contributed by atoms with Gasteiger partial charge in [-0.1, -0.05) is 12.1 Å². The summed E-state index contributed by atoms with van der Waals surface area (Å²) in [6, 6.07) is 12.7. The van der Waals surface area contributed by atoms with E-state index in [4.69, 9.17) is 5.26 Å². The molecule has 0 aliphatic carbocycles. The van der Waals surface area contributed by atoms with E-state index in [1.54, 1.807) is 16.6 Å². The number of hydrogen-bond donors (Lipinski definition) is 0. The number of halogens is 1. The van der Waals surface area contributed by atoms with E-state index in [1.807, 2.05) is 18.2 Å². The van der Waals surface area contributed by atoms with Crippen molar-refractivity contribution in [2.75, 3.05) is 11.4 Å². The first-order chi connectivity index (χ1) is 11.3. The van der Waals surface area contributed by atoms with E-state index < -0.39 is 0 Å². The van der Waals surface area contributed by atoms with E-state index in [1.165, 1.54) is 12.3 Å². The molecule has 0 amide bonds. The molecule has 1 aliphatic rings. The highest BCUT2D eigenvalue weighted by atomic mass is 19.1. The van der Waals surface area contributed by atoms with Gasteiger partial charge >= 0.3 is 0 Å². The average molecular weight is 307 g/mol. The Morgan fingerprint density at radius 1 is 1.26 bits per heavy atom. The van der Waals surface area contributed by atoms with Crippen LogP contribution in [0.25, 0.3) is 5.65 Å². The molecule has 6 heteroatoms. The summed E-state index contributed by atoms with van der Waals surface area (Å²) in [5, 5.41) is 13.7. The van der Waals surface area contributed by atoms with Crippen LogP contribution in [0.2, 0.25) is 0 Å². The first kappa shape index (κ1) is 13.7. The maximum Gasteiger partial charge on any atom is 0.162 e. The summed E-state index contributed by atoms with van der Waals surface area (Å²) < 4.78 is 15.1. The van der Waals surface area contributed by atoms with Crippen molar-refractivity contribution in [1.29, 1.82) is 5.26 Å². The Balaban J connectivity index is 1.75. The Labute approximate surface area is 132 Å². The Morgan fingerprint density at radius 3 is 3.00 bits per heavy atom. The van der Waals surface area contributed by atoms with E-state index in [0.29, 0.717) is 11.3 Å². The van der Waals surface area contributed by atoms with Gasteiger partial charge in [-0.2, -0.15) is 5.26 Å². The van der Waals surface area contributed by atoms with Crippen LogP contribution in [0.5, 0.6) is 0 Å². The maximum atomic E-state index is 13.5. The number of aromatic nitrogens is 3. The highest BCUT2D eigenvalue weighted by molar-refractivity contribution is 5.50. The lowest BCUT2D eigenvalue weighted by atomic mass is 10.0. The fourth-order valence-corrected chi connectivity index (χ4v) is 3.19. The molecule has 1 aromatic carbocycles. The molecule has 5 nitrogen and oxygen atoms in total. The SMILES string of the molecule is N#Cc1cnc2ccc(N3CCCC3c3cccc(F)c3)nn12. The number of fused-ring (bicyclic) bond motifs is 1. The highest BCUT2D eigenvalue weighted by Crippen LogP contribution is 2.35. The molecule has 0 N–H and O–H groups in total. The number of anilines is 1. The summed E-state index contributed by atoms with van der Waals surface area (Å²) in [7, 11) is 0. The summed E-state index contributed by atoms with van der Waals surface area (Å²) in [4.78, 5) is 6.32. The minimum Gasteiger partial charge on any atom is -0.348 e. The van der Waals surface area contributed by atoms with Crippen molar-refractivity contribution >= 4 is 11.5 Å². The largest absolute Gasteiger partial charge is 0.348 e. The van der Waals surface area contributed by atoms with Gasteiger partial charge in [0.15, 0.2) is 11.3 Å². The van der Waals surface area contributed by atoms with Gasteiger partial charge in [-0.25, -0.2) is 13.9 Å². The van der Waals surface area contributed by atoms with Gasteiger partial charge in [-0.05, 0) is 42.7 Å². The van der Waals surface area contributed by atoms with E-state index in [-0.39, 0.29) is 11.9 Å². The molecule has 1 atom stereocenters. The smallest absolute Gasteiger partial charge is 0.162 e. The number of hydrogen-bond acceptors (Lipinski definition) is 4. The summed E-state index contributed by atoms with van der Waals surface area (Å²) in [5.74, 6) is 0.554. The Bertz CT molecular complexity index is 911. The second kappa shape index (κ2) is 5.36. The maximum absolute atomic E-state index is 13.5. The molecule has 0 spiro atoms. The Hall–Kier alpha value is -2.94. The fourth-order valence-electron chi connectivity index (χ4n) is 3.19. The van der Waals surface area contributed by atoms with Gasteiger partial charge in [0.05, 0.1) is 12.2 Å². The molecule has 2 aromatic heterocycles. The highest BCUT2D eigenvalue weighted by Gasteiger charge is 2.27. The average Bonchev–Trinajstić information content (AvgIpc) is 3.21. The Morgan fingerprint density at radius 2 is 2.17 bits per heavy atom. The van der Waals surface area contributed by atoms with E-state index in [0.717, 1.165) is 30.8 Å². The van der Waals surface area contributed by atoms with Gasteiger partial charge in [0.25, 0.3) is 0 Å². The predicted molar refractivity (Wildman–Crippen MR) is 83.4 cm³/mol. The standard InChI is InChI=1S/C17H14FN5/c18-13-4-1-3-12(9-13)15-5-2-8-22(15)17-7-6-16-20-11-14(10-19)23(16)21-17/h1,3-4,6-7,9,11,15H,2,5,8H2. The molecule has 1 fully saturated rings. The number of nitrogens with zero attached hydrogens (tertiary/aromatic N) is 5. The zero-order valence-electron chi connectivity index (χ0n) is 12.4. The molecule has 1 aliphatic heterocycles. The van der Waals surface area contributed by atoms with Crippen LogP contribution in [-0.2, 0) is 0 Å². The summed E-state index contributed by atoms with van der Waals surface area (Å²) in [6.45, 7) is 0.857. The minimum atomic E-state index is -0.223. The van der Waals surface area contributed by atoms with Gasteiger partial charge in [0, 0.05) is 6.54 Å². The van der Waals surface area contributed by atoms with Gasteiger partial charge in [0.1, 0.15) is 17.7 Å². The third-order valence-electron chi connectivity index (χ3n) is 4.24. The number of nitriles is 1. The molecule has 4 rings (SSSR count). The second-order valence-electron chi connectivity index (χ2n) is 5.62. The lowest BCUT2D eigenvalue weighted by Gasteiger charge is -2.26. The van der Waals surface area contributed by atoms with Crippen molar-refractivity contribution in [2.45, 2.75) is 18.9 Å². The van der Waals surface area contributed by atoms with Gasteiger partial charge in [0.2, 0.25) is 0 Å². The van der Waals surface area contributed by atoms with Crippen LogP contribution in [0.1, 0.15) is 30.1 Å². The molecule has 1 saturated heterocycles. The first-order valence-corrected chi connectivity index (χ1v) is 7.53. The topological polar surface area (TPSA) is 57.2 Å². The van der Waals surface area contributed by atoms with Crippen LogP contribution < -0.4 is 4.90 Å². The van der Waals surface area contributed by atoms with Crippen LogP contribution in [0.4, 0.5) is 10.2 Å². The fraction of sp³-hybridized carbons (Fsp3) is 0.235. The zero-order valence-corrected chi connectivity index (χ0v) is 12.4.